The zero-order chi connectivity index (χ0) is 15.2. The topological polar surface area (TPSA) is 9.23 Å². The Hall–Kier alpha value is -0.540. The molecule has 0 amide bonds. The molecule has 0 atom stereocenters. The maximum atomic E-state index is 6.12. The number of ether oxygens (including phenoxy) is 1. The maximum Gasteiger partial charge on any atom is 0.137 e. The second-order valence-electron chi connectivity index (χ2n) is 6.06. The van der Waals surface area contributed by atoms with Crippen molar-refractivity contribution in [2.24, 2.45) is 0 Å². The predicted molar refractivity (Wildman–Crippen MR) is 87.5 cm³/mol. The minimum absolute atomic E-state index is 0. The molecular weight excluding hydrogens is 326 g/mol. The molecule has 0 bridgehead atoms. The van der Waals surface area contributed by atoms with Gasteiger partial charge in [-0.05, 0) is 50.8 Å². The summed E-state index contributed by atoms with van der Waals surface area (Å²) in [5, 5.41) is 0. The number of halogens is 1. The van der Waals surface area contributed by atoms with E-state index in [1.165, 1.54) is 30.8 Å². The van der Waals surface area contributed by atoms with Gasteiger partial charge >= 0.3 is 0 Å². The monoisotopic (exact) mass is 357 g/mol. The zero-order valence-corrected chi connectivity index (χ0v) is 16.2. The number of hydrogen-bond acceptors (Lipinski definition) is 1. The lowest BCUT2D eigenvalue weighted by Gasteiger charge is -2.35. The first-order valence-corrected chi connectivity index (χ1v) is 8.06. The molecule has 0 heterocycles. The minimum Gasteiger partial charge on any atom is -1.00 e. The molecule has 0 fully saturated rings. The molecule has 0 N–H and O–H groups in total. The molecule has 0 radical (unpaired) electrons. The van der Waals surface area contributed by atoms with E-state index in [2.05, 4.69) is 59.7 Å². The standard InChI is InChI=1S/C18H32NO.BrH/c1-7-19(8-2,9-3)12-13-20-18-14-16(6)10-11-17(18)15(4)5;/h10-11,14-15H,7-9,12-13H2,1-6H3;1H/q+1;/p-1. The van der Waals surface area contributed by atoms with Crippen molar-refractivity contribution in [2.45, 2.75) is 47.5 Å². The molecule has 1 rings (SSSR count). The molecule has 1 aromatic carbocycles. The minimum atomic E-state index is 0. The first-order chi connectivity index (χ1) is 9.48. The highest BCUT2D eigenvalue weighted by Crippen LogP contribution is 2.27. The molecule has 0 saturated heterocycles. The van der Waals surface area contributed by atoms with Gasteiger partial charge in [0.1, 0.15) is 18.9 Å². The van der Waals surface area contributed by atoms with Gasteiger partial charge in [-0.1, -0.05) is 26.0 Å². The molecule has 122 valence electrons. The summed E-state index contributed by atoms with van der Waals surface area (Å²) in [6.07, 6.45) is 0. The summed E-state index contributed by atoms with van der Waals surface area (Å²) in [5.74, 6) is 1.58. The molecule has 0 saturated carbocycles. The average Bonchev–Trinajstić information content (AvgIpc) is 2.44. The summed E-state index contributed by atoms with van der Waals surface area (Å²) in [4.78, 5) is 0. The van der Waals surface area contributed by atoms with Crippen molar-refractivity contribution in [1.29, 1.82) is 0 Å². The fourth-order valence-electron chi connectivity index (χ4n) is 2.74. The van der Waals surface area contributed by atoms with E-state index in [9.17, 15) is 0 Å². The number of aryl methyl sites for hydroxylation is 1. The van der Waals surface area contributed by atoms with E-state index in [0.29, 0.717) is 5.92 Å². The Bertz CT molecular complexity index is 405. The van der Waals surface area contributed by atoms with E-state index in [4.69, 9.17) is 4.74 Å². The third-order valence-corrected chi connectivity index (χ3v) is 4.63. The van der Waals surface area contributed by atoms with Crippen LogP contribution < -0.4 is 21.7 Å². The maximum absolute atomic E-state index is 6.12. The van der Waals surface area contributed by atoms with Crippen LogP contribution in [0, 0.1) is 6.92 Å². The average molecular weight is 358 g/mol. The fourth-order valence-corrected chi connectivity index (χ4v) is 2.74. The van der Waals surface area contributed by atoms with E-state index in [1.807, 2.05) is 0 Å². The fraction of sp³-hybridized carbons (Fsp3) is 0.667. The van der Waals surface area contributed by atoms with Crippen LogP contribution in [0.5, 0.6) is 5.75 Å². The molecule has 0 aliphatic carbocycles. The van der Waals surface area contributed by atoms with Gasteiger partial charge in [-0.2, -0.15) is 0 Å². The lowest BCUT2D eigenvalue weighted by Crippen LogP contribution is -3.00. The molecule has 2 nitrogen and oxygen atoms in total. The van der Waals surface area contributed by atoms with Crippen molar-refractivity contribution < 1.29 is 26.2 Å². The number of likely N-dealkylation sites (N-methyl/N-ethyl adjacent to an activating group) is 1. The van der Waals surface area contributed by atoms with Crippen LogP contribution in [0.4, 0.5) is 0 Å². The highest BCUT2D eigenvalue weighted by molar-refractivity contribution is 5.39. The molecule has 0 aromatic heterocycles. The van der Waals surface area contributed by atoms with Gasteiger partial charge < -0.3 is 26.2 Å². The normalized spacial score (nSPS) is 11.4. The van der Waals surface area contributed by atoms with E-state index in [0.717, 1.165) is 23.4 Å². The van der Waals surface area contributed by atoms with E-state index in [-0.39, 0.29) is 17.0 Å². The first kappa shape index (κ1) is 20.5. The Morgan fingerprint density at radius 3 is 2.10 bits per heavy atom. The number of nitrogens with zero attached hydrogens (tertiary/aromatic N) is 1. The number of rotatable bonds is 8. The summed E-state index contributed by atoms with van der Waals surface area (Å²) in [6.45, 7) is 18.8. The molecule has 0 aliphatic heterocycles. The van der Waals surface area contributed by atoms with E-state index < -0.39 is 0 Å². The Morgan fingerprint density at radius 1 is 1.05 bits per heavy atom. The summed E-state index contributed by atoms with van der Waals surface area (Å²) in [6, 6.07) is 6.55. The van der Waals surface area contributed by atoms with E-state index >= 15 is 0 Å². The van der Waals surface area contributed by atoms with Crippen LogP contribution >= 0.6 is 0 Å². The van der Waals surface area contributed by atoms with Crippen molar-refractivity contribution in [3.63, 3.8) is 0 Å². The predicted octanol–water partition coefficient (Wildman–Crippen LogP) is 1.38. The van der Waals surface area contributed by atoms with Crippen molar-refractivity contribution in [2.75, 3.05) is 32.8 Å². The molecule has 0 unspecified atom stereocenters. The Kier molecular flexibility index (Phi) is 9.23. The SMILES string of the molecule is CC[N+](CC)(CC)CCOc1cc(C)ccc1C(C)C.[Br-]. The smallest absolute Gasteiger partial charge is 0.137 e. The van der Waals surface area contributed by atoms with Crippen LogP contribution in [0.15, 0.2) is 18.2 Å². The van der Waals surface area contributed by atoms with Gasteiger partial charge in [-0.3, -0.25) is 0 Å². The van der Waals surface area contributed by atoms with Crippen LogP contribution in [-0.2, 0) is 0 Å². The summed E-state index contributed by atoms with van der Waals surface area (Å²) >= 11 is 0. The summed E-state index contributed by atoms with van der Waals surface area (Å²) in [5.41, 5.74) is 2.59. The number of benzene rings is 1. The van der Waals surface area contributed by atoms with Crippen molar-refractivity contribution in [3.05, 3.63) is 29.3 Å². The van der Waals surface area contributed by atoms with Crippen molar-refractivity contribution in [3.8, 4) is 5.75 Å². The summed E-state index contributed by atoms with van der Waals surface area (Å²) in [7, 11) is 0. The molecule has 0 aliphatic rings. The third-order valence-electron chi connectivity index (χ3n) is 4.63. The Balaban J connectivity index is 0.00000400. The quantitative estimate of drug-likeness (QED) is 0.638. The van der Waals surface area contributed by atoms with Crippen molar-refractivity contribution in [1.82, 2.24) is 0 Å². The molecule has 1 aromatic rings. The van der Waals surface area contributed by atoms with Crippen LogP contribution in [0.3, 0.4) is 0 Å². The Morgan fingerprint density at radius 2 is 1.62 bits per heavy atom. The van der Waals surface area contributed by atoms with Gasteiger partial charge in [0, 0.05) is 0 Å². The lowest BCUT2D eigenvalue weighted by atomic mass is 10.0. The van der Waals surface area contributed by atoms with Crippen molar-refractivity contribution >= 4 is 0 Å². The summed E-state index contributed by atoms with van der Waals surface area (Å²) < 4.78 is 7.27. The highest BCUT2D eigenvalue weighted by Gasteiger charge is 2.20. The third kappa shape index (κ3) is 5.63. The van der Waals surface area contributed by atoms with Gasteiger partial charge in [0.15, 0.2) is 0 Å². The largest absolute Gasteiger partial charge is 1.00 e. The molecular formula is C18H32BrNO. The van der Waals surface area contributed by atoms with E-state index in [1.54, 1.807) is 0 Å². The van der Waals surface area contributed by atoms with Crippen LogP contribution in [0.1, 0.15) is 51.7 Å². The van der Waals surface area contributed by atoms with Crippen LogP contribution in [0.2, 0.25) is 0 Å². The molecule has 0 spiro atoms. The Labute approximate surface area is 141 Å². The number of hydrogen-bond donors (Lipinski definition) is 0. The second-order valence-corrected chi connectivity index (χ2v) is 6.06. The van der Waals surface area contributed by atoms with Gasteiger partial charge in [0.05, 0.1) is 19.6 Å². The second kappa shape index (κ2) is 9.47. The molecule has 3 heteroatoms. The number of quaternary nitrogens is 1. The van der Waals surface area contributed by atoms with Gasteiger partial charge in [-0.15, -0.1) is 0 Å². The lowest BCUT2D eigenvalue weighted by molar-refractivity contribution is -0.923. The van der Waals surface area contributed by atoms with Crippen LogP contribution in [0.25, 0.3) is 0 Å². The zero-order valence-electron chi connectivity index (χ0n) is 14.6. The van der Waals surface area contributed by atoms with Crippen LogP contribution in [-0.4, -0.2) is 37.3 Å². The highest BCUT2D eigenvalue weighted by atomic mass is 79.9. The van der Waals surface area contributed by atoms with Gasteiger partial charge in [-0.25, -0.2) is 0 Å². The van der Waals surface area contributed by atoms with Gasteiger partial charge in [0.25, 0.3) is 0 Å². The first-order valence-electron chi connectivity index (χ1n) is 8.06. The molecule has 21 heavy (non-hydrogen) atoms. The van der Waals surface area contributed by atoms with Gasteiger partial charge in [0.2, 0.25) is 0 Å².